The third kappa shape index (κ3) is 3.85. The van der Waals surface area contributed by atoms with Crippen LogP contribution in [0.4, 0.5) is 21.7 Å². The average molecular weight is 350 g/mol. The Labute approximate surface area is 151 Å². The van der Waals surface area contributed by atoms with Gasteiger partial charge >= 0.3 is 0 Å². The minimum Gasteiger partial charge on any atom is -0.324 e. The van der Waals surface area contributed by atoms with Crippen molar-refractivity contribution in [3.05, 3.63) is 76.9 Å². The fourth-order valence-corrected chi connectivity index (χ4v) is 2.50. The van der Waals surface area contributed by atoms with Crippen molar-refractivity contribution in [2.24, 2.45) is 0 Å². The van der Waals surface area contributed by atoms with Crippen LogP contribution in [0.1, 0.15) is 27.3 Å². The number of aryl methyl sites for hydroxylation is 2. The van der Waals surface area contributed by atoms with E-state index >= 15 is 0 Å². The number of aromatic nitrogens is 2. The number of benzene rings is 2. The molecule has 0 aliphatic rings. The standard InChI is InChI=1S/C20H19FN4O/c1-12-7-6-10-16(14(12)3)24-20-22-13(2)11-18(25-20)19(26)23-17-9-5-4-8-15(17)21/h4-11H,1-3H3,(H,23,26)(H,22,24,25). The largest absolute Gasteiger partial charge is 0.324 e. The molecule has 0 fully saturated rings. The van der Waals surface area contributed by atoms with Crippen LogP contribution in [0.25, 0.3) is 0 Å². The van der Waals surface area contributed by atoms with E-state index in [1.54, 1.807) is 25.1 Å². The van der Waals surface area contributed by atoms with E-state index in [0.29, 0.717) is 11.6 Å². The lowest BCUT2D eigenvalue weighted by atomic mass is 10.1. The second kappa shape index (κ2) is 7.31. The van der Waals surface area contributed by atoms with E-state index < -0.39 is 11.7 Å². The summed E-state index contributed by atoms with van der Waals surface area (Å²) in [6.07, 6.45) is 0. The molecule has 0 aliphatic carbocycles. The van der Waals surface area contributed by atoms with Crippen LogP contribution in [0.5, 0.6) is 0 Å². The van der Waals surface area contributed by atoms with Crippen molar-refractivity contribution in [3.8, 4) is 0 Å². The Morgan fingerprint density at radius 2 is 1.69 bits per heavy atom. The Hall–Kier alpha value is -3.28. The van der Waals surface area contributed by atoms with Gasteiger partial charge in [0.2, 0.25) is 5.95 Å². The van der Waals surface area contributed by atoms with Gasteiger partial charge < -0.3 is 10.6 Å². The van der Waals surface area contributed by atoms with Crippen LogP contribution in [-0.2, 0) is 0 Å². The van der Waals surface area contributed by atoms with Gasteiger partial charge in [-0.05, 0) is 56.2 Å². The predicted molar refractivity (Wildman–Crippen MR) is 100 cm³/mol. The number of hydrogen-bond donors (Lipinski definition) is 2. The molecule has 3 rings (SSSR count). The van der Waals surface area contributed by atoms with Gasteiger partial charge in [-0.2, -0.15) is 0 Å². The highest BCUT2D eigenvalue weighted by Crippen LogP contribution is 2.21. The van der Waals surface area contributed by atoms with Gasteiger partial charge in [-0.25, -0.2) is 14.4 Å². The molecule has 5 nitrogen and oxygen atoms in total. The van der Waals surface area contributed by atoms with Crippen LogP contribution in [0.2, 0.25) is 0 Å². The number of carbonyl (C=O) groups excluding carboxylic acids is 1. The molecule has 2 N–H and O–H groups in total. The van der Waals surface area contributed by atoms with Gasteiger partial charge in [-0.3, -0.25) is 4.79 Å². The smallest absolute Gasteiger partial charge is 0.274 e. The maximum absolute atomic E-state index is 13.7. The van der Waals surface area contributed by atoms with Gasteiger partial charge in [0, 0.05) is 11.4 Å². The average Bonchev–Trinajstić information content (AvgIpc) is 2.60. The molecule has 1 heterocycles. The van der Waals surface area contributed by atoms with Crippen molar-refractivity contribution in [1.82, 2.24) is 9.97 Å². The van der Waals surface area contributed by atoms with Crippen LogP contribution < -0.4 is 10.6 Å². The summed E-state index contributed by atoms with van der Waals surface area (Å²) >= 11 is 0. The molecule has 0 bridgehead atoms. The molecule has 132 valence electrons. The fraction of sp³-hybridized carbons (Fsp3) is 0.150. The Bertz CT molecular complexity index is 972. The molecule has 1 aromatic heterocycles. The molecular formula is C20H19FN4O. The van der Waals surface area contributed by atoms with Gasteiger partial charge in [0.1, 0.15) is 11.5 Å². The number of anilines is 3. The number of carbonyl (C=O) groups is 1. The van der Waals surface area contributed by atoms with E-state index in [9.17, 15) is 9.18 Å². The van der Waals surface area contributed by atoms with Gasteiger partial charge in [-0.1, -0.05) is 24.3 Å². The molecule has 0 spiro atoms. The zero-order chi connectivity index (χ0) is 18.7. The zero-order valence-corrected chi connectivity index (χ0v) is 14.8. The topological polar surface area (TPSA) is 66.9 Å². The van der Waals surface area contributed by atoms with Gasteiger partial charge in [0.25, 0.3) is 5.91 Å². The van der Waals surface area contributed by atoms with Crippen molar-refractivity contribution < 1.29 is 9.18 Å². The molecule has 1 amide bonds. The van der Waals surface area contributed by atoms with Crippen LogP contribution >= 0.6 is 0 Å². The fourth-order valence-electron chi connectivity index (χ4n) is 2.50. The van der Waals surface area contributed by atoms with Gasteiger partial charge in [-0.15, -0.1) is 0 Å². The first kappa shape index (κ1) is 17.5. The van der Waals surface area contributed by atoms with E-state index in [1.807, 2.05) is 32.0 Å². The van der Waals surface area contributed by atoms with E-state index in [-0.39, 0.29) is 11.4 Å². The number of hydrogen-bond acceptors (Lipinski definition) is 4. The number of para-hydroxylation sites is 1. The molecule has 0 atom stereocenters. The maximum atomic E-state index is 13.7. The third-order valence-electron chi connectivity index (χ3n) is 4.06. The zero-order valence-electron chi connectivity index (χ0n) is 14.8. The SMILES string of the molecule is Cc1cc(C(=O)Nc2ccccc2F)nc(Nc2cccc(C)c2C)n1. The predicted octanol–water partition coefficient (Wildman–Crippen LogP) is 4.54. The van der Waals surface area contributed by atoms with Crippen molar-refractivity contribution in [1.29, 1.82) is 0 Å². The molecule has 3 aromatic rings. The molecule has 0 radical (unpaired) electrons. The Balaban J connectivity index is 1.86. The second-order valence-electron chi connectivity index (χ2n) is 6.02. The summed E-state index contributed by atoms with van der Waals surface area (Å²) in [5.41, 5.74) is 3.99. The first-order valence-electron chi connectivity index (χ1n) is 8.19. The van der Waals surface area contributed by atoms with Crippen molar-refractivity contribution in [2.45, 2.75) is 20.8 Å². The minimum absolute atomic E-state index is 0.109. The molecule has 0 saturated heterocycles. The molecule has 2 aromatic carbocycles. The second-order valence-corrected chi connectivity index (χ2v) is 6.02. The van der Waals surface area contributed by atoms with E-state index in [1.165, 1.54) is 12.1 Å². The highest BCUT2D eigenvalue weighted by atomic mass is 19.1. The minimum atomic E-state index is -0.500. The molecule has 6 heteroatoms. The Morgan fingerprint density at radius 1 is 0.962 bits per heavy atom. The van der Waals surface area contributed by atoms with Crippen LogP contribution in [0.15, 0.2) is 48.5 Å². The molecule has 0 aliphatic heterocycles. The van der Waals surface area contributed by atoms with Crippen LogP contribution in [-0.4, -0.2) is 15.9 Å². The van der Waals surface area contributed by atoms with Gasteiger partial charge in [0.05, 0.1) is 5.69 Å². The third-order valence-corrected chi connectivity index (χ3v) is 4.06. The molecule has 0 unspecified atom stereocenters. The normalized spacial score (nSPS) is 10.5. The summed E-state index contributed by atoms with van der Waals surface area (Å²) in [4.78, 5) is 21.0. The summed E-state index contributed by atoms with van der Waals surface area (Å²) in [5.74, 6) is -0.678. The quantitative estimate of drug-likeness (QED) is 0.725. The van der Waals surface area contributed by atoms with Crippen molar-refractivity contribution in [2.75, 3.05) is 10.6 Å². The number of nitrogens with one attached hydrogen (secondary N) is 2. The lowest BCUT2D eigenvalue weighted by Crippen LogP contribution is -2.16. The lowest BCUT2D eigenvalue weighted by Gasteiger charge is -2.12. The van der Waals surface area contributed by atoms with Crippen LogP contribution in [0, 0.1) is 26.6 Å². The Kier molecular flexibility index (Phi) is 4.93. The monoisotopic (exact) mass is 350 g/mol. The highest BCUT2D eigenvalue weighted by molar-refractivity contribution is 6.03. The van der Waals surface area contributed by atoms with Gasteiger partial charge in [0.15, 0.2) is 0 Å². The van der Waals surface area contributed by atoms with E-state index in [0.717, 1.165) is 16.8 Å². The highest BCUT2D eigenvalue weighted by Gasteiger charge is 2.13. The first-order chi connectivity index (χ1) is 12.4. The molecular weight excluding hydrogens is 331 g/mol. The lowest BCUT2D eigenvalue weighted by molar-refractivity contribution is 0.102. The Morgan fingerprint density at radius 3 is 2.46 bits per heavy atom. The van der Waals surface area contributed by atoms with Crippen molar-refractivity contribution >= 4 is 23.2 Å². The molecule has 0 saturated carbocycles. The maximum Gasteiger partial charge on any atom is 0.274 e. The number of rotatable bonds is 4. The number of halogens is 1. The summed E-state index contributed by atoms with van der Waals surface area (Å²) in [6, 6.07) is 13.4. The number of nitrogens with zero attached hydrogens (tertiary/aromatic N) is 2. The molecule has 26 heavy (non-hydrogen) atoms. The first-order valence-corrected chi connectivity index (χ1v) is 8.19. The summed E-state index contributed by atoms with van der Waals surface area (Å²) in [7, 11) is 0. The van der Waals surface area contributed by atoms with E-state index in [2.05, 4.69) is 20.6 Å². The van der Waals surface area contributed by atoms with E-state index in [4.69, 9.17) is 0 Å². The van der Waals surface area contributed by atoms with Crippen LogP contribution in [0.3, 0.4) is 0 Å². The summed E-state index contributed by atoms with van der Waals surface area (Å²) < 4.78 is 13.7. The summed E-state index contributed by atoms with van der Waals surface area (Å²) in [5, 5.41) is 5.68. The van der Waals surface area contributed by atoms with Crippen molar-refractivity contribution in [3.63, 3.8) is 0 Å². The summed E-state index contributed by atoms with van der Waals surface area (Å²) in [6.45, 7) is 5.79. The number of amides is 1.